The summed E-state index contributed by atoms with van der Waals surface area (Å²) >= 11 is 0. The molecule has 4 N–H and O–H groups in total. The maximum absolute atomic E-state index is 12.7. The number of hydrogen-bond acceptors (Lipinski definition) is 6. The van der Waals surface area contributed by atoms with Crippen LogP contribution in [0.5, 0.6) is 0 Å². The number of ether oxygens (including phenoxy) is 1. The minimum atomic E-state index is -0.931. The first-order valence-corrected chi connectivity index (χ1v) is 14.0. The van der Waals surface area contributed by atoms with E-state index in [9.17, 15) is 19.8 Å². The van der Waals surface area contributed by atoms with Crippen molar-refractivity contribution in [3.63, 3.8) is 0 Å². The van der Waals surface area contributed by atoms with Crippen molar-refractivity contribution >= 4 is 11.9 Å². The van der Waals surface area contributed by atoms with Gasteiger partial charge in [-0.05, 0) is 105 Å². The number of amides is 1. The Labute approximate surface area is 208 Å². The molecule has 0 bridgehead atoms. The fraction of sp³-hybridized carbons (Fsp3) is 0.857. The van der Waals surface area contributed by atoms with Gasteiger partial charge in [0.25, 0.3) is 0 Å². The van der Waals surface area contributed by atoms with Gasteiger partial charge in [-0.15, -0.1) is 0 Å². The van der Waals surface area contributed by atoms with Crippen molar-refractivity contribution in [2.75, 3.05) is 13.2 Å². The summed E-state index contributed by atoms with van der Waals surface area (Å²) in [6.07, 6.45) is 10.2. The van der Waals surface area contributed by atoms with E-state index in [4.69, 9.17) is 4.74 Å². The van der Waals surface area contributed by atoms with E-state index in [-0.39, 0.29) is 47.1 Å². The molecule has 7 nitrogen and oxygen atoms in total. The lowest BCUT2D eigenvalue weighted by Gasteiger charge is -2.65. The number of cyclic esters (lactones) is 1. The molecule has 0 spiro atoms. The molecule has 5 fully saturated rings. The van der Waals surface area contributed by atoms with E-state index >= 15 is 0 Å². The van der Waals surface area contributed by atoms with E-state index in [2.05, 4.69) is 24.5 Å². The summed E-state index contributed by atoms with van der Waals surface area (Å²) in [4.78, 5) is 24.5. The first kappa shape index (κ1) is 23.9. The molecule has 1 amide bonds. The van der Waals surface area contributed by atoms with Gasteiger partial charge in [-0.3, -0.25) is 4.79 Å². The molecule has 0 unspecified atom stereocenters. The average Bonchev–Trinajstić information content (AvgIpc) is 3.56. The van der Waals surface area contributed by atoms with E-state index in [1.807, 2.05) is 0 Å². The summed E-state index contributed by atoms with van der Waals surface area (Å²) in [6, 6.07) is 0.189. The first-order valence-electron chi connectivity index (χ1n) is 14.0. The highest BCUT2D eigenvalue weighted by Gasteiger charge is 2.70. The normalized spacial score (nSPS) is 51.1. The molecule has 2 aliphatic heterocycles. The number of nitrogens with one attached hydrogen (secondary N) is 2. The van der Waals surface area contributed by atoms with Crippen LogP contribution in [0, 0.1) is 34.5 Å². The minimum absolute atomic E-state index is 0.0180. The number of carbonyl (C=O) groups excluding carboxylic acids is 2. The molecular formula is C28H42N2O5. The quantitative estimate of drug-likeness (QED) is 0.457. The molecule has 0 aromatic carbocycles. The predicted molar refractivity (Wildman–Crippen MR) is 130 cm³/mol. The Morgan fingerprint density at radius 2 is 1.94 bits per heavy atom. The monoisotopic (exact) mass is 486 g/mol. The van der Waals surface area contributed by atoms with Crippen LogP contribution in [0.1, 0.15) is 78.1 Å². The second-order valence-corrected chi connectivity index (χ2v) is 13.0. The van der Waals surface area contributed by atoms with Crippen molar-refractivity contribution in [1.29, 1.82) is 0 Å². The fourth-order valence-corrected chi connectivity index (χ4v) is 9.73. The van der Waals surface area contributed by atoms with Crippen LogP contribution in [0.25, 0.3) is 0 Å². The van der Waals surface area contributed by atoms with Crippen LogP contribution in [0.4, 0.5) is 0 Å². The van der Waals surface area contributed by atoms with Crippen molar-refractivity contribution in [2.45, 2.75) is 102 Å². The van der Waals surface area contributed by atoms with Crippen LogP contribution >= 0.6 is 0 Å². The molecule has 6 aliphatic rings. The number of aliphatic hydroxyl groups excluding tert-OH is 1. The molecule has 10 atom stereocenters. The van der Waals surface area contributed by atoms with Crippen LogP contribution in [-0.2, 0) is 14.3 Å². The van der Waals surface area contributed by atoms with E-state index in [1.165, 1.54) is 0 Å². The van der Waals surface area contributed by atoms with Gasteiger partial charge >= 0.3 is 5.97 Å². The number of hydrogen-bond donors (Lipinski definition) is 4. The Hall–Kier alpha value is -1.44. The SMILES string of the molecule is C[C@]12CC[C@H](NC(=O)[C@H]3CCCN3)C[C@H]1CC[C@@H]1[C@@H]2C[C@@H](O)[C@]2(C)[C@@H](C3=CC(=O)OC3)CC[C@]12O. The summed E-state index contributed by atoms with van der Waals surface area (Å²) in [5, 5.41) is 30.7. The van der Waals surface area contributed by atoms with Gasteiger partial charge < -0.3 is 25.6 Å². The zero-order valence-electron chi connectivity index (χ0n) is 21.2. The Kier molecular flexibility index (Phi) is 5.67. The zero-order chi connectivity index (χ0) is 24.6. The van der Waals surface area contributed by atoms with Crippen molar-refractivity contribution in [2.24, 2.45) is 34.5 Å². The summed E-state index contributed by atoms with van der Waals surface area (Å²) < 4.78 is 5.21. The Balaban J connectivity index is 1.21. The smallest absolute Gasteiger partial charge is 0.331 e. The molecule has 0 aromatic heterocycles. The van der Waals surface area contributed by atoms with Gasteiger partial charge in [0.15, 0.2) is 0 Å². The molecule has 0 radical (unpaired) electrons. The third-order valence-corrected chi connectivity index (χ3v) is 11.8. The van der Waals surface area contributed by atoms with Crippen LogP contribution in [0.15, 0.2) is 11.6 Å². The number of esters is 1. The lowest BCUT2D eigenvalue weighted by atomic mass is 9.42. The van der Waals surface area contributed by atoms with Crippen molar-refractivity contribution in [3.05, 3.63) is 11.6 Å². The van der Waals surface area contributed by atoms with E-state index in [1.54, 1.807) is 6.08 Å². The standard InChI is InChI=1S/C28H42N2O5/c1-26-9-7-18(30-25(33)22-4-3-11-29-22)13-17(26)5-6-20-21(26)14-23(31)27(2)19(8-10-28(20,27)34)16-12-24(32)35-15-16/h12,17-23,29,31,34H,3-11,13-15H2,1-2H3,(H,30,33)/t17-,18+,19-,20-,21+,22-,23-,26+,27+,28+/m1/s1. The molecule has 35 heavy (non-hydrogen) atoms. The number of carbonyl (C=O) groups is 2. The molecule has 0 aromatic rings. The van der Waals surface area contributed by atoms with Crippen molar-refractivity contribution in [1.82, 2.24) is 10.6 Å². The number of fused-ring (bicyclic) bond motifs is 5. The second kappa shape index (κ2) is 8.29. The molecule has 4 aliphatic carbocycles. The average molecular weight is 487 g/mol. The Morgan fingerprint density at radius 3 is 2.66 bits per heavy atom. The second-order valence-electron chi connectivity index (χ2n) is 13.0. The van der Waals surface area contributed by atoms with Gasteiger partial charge in [0, 0.05) is 17.5 Å². The van der Waals surface area contributed by atoms with Gasteiger partial charge in [-0.1, -0.05) is 13.8 Å². The van der Waals surface area contributed by atoms with Gasteiger partial charge in [0.1, 0.15) is 6.61 Å². The highest BCUT2D eigenvalue weighted by Crippen LogP contribution is 2.69. The maximum atomic E-state index is 12.7. The molecule has 2 heterocycles. The topological polar surface area (TPSA) is 108 Å². The maximum Gasteiger partial charge on any atom is 0.331 e. The molecule has 4 saturated carbocycles. The fourth-order valence-electron chi connectivity index (χ4n) is 9.73. The predicted octanol–water partition coefficient (Wildman–Crippen LogP) is 2.45. The lowest BCUT2D eigenvalue weighted by molar-refractivity contribution is -0.243. The van der Waals surface area contributed by atoms with Gasteiger partial charge in [0.05, 0.1) is 17.7 Å². The van der Waals surface area contributed by atoms with Crippen LogP contribution in [0.3, 0.4) is 0 Å². The Morgan fingerprint density at radius 1 is 1.11 bits per heavy atom. The van der Waals surface area contributed by atoms with Gasteiger partial charge in [0.2, 0.25) is 5.91 Å². The molecule has 7 heteroatoms. The highest BCUT2D eigenvalue weighted by molar-refractivity contribution is 5.85. The number of aliphatic hydroxyl groups is 2. The first-order chi connectivity index (χ1) is 16.7. The van der Waals surface area contributed by atoms with E-state index in [0.29, 0.717) is 25.4 Å². The number of rotatable bonds is 3. The molecular weight excluding hydrogens is 444 g/mol. The zero-order valence-corrected chi connectivity index (χ0v) is 21.2. The molecule has 194 valence electrons. The summed E-state index contributed by atoms with van der Waals surface area (Å²) in [5.41, 5.74) is -0.577. The van der Waals surface area contributed by atoms with E-state index in [0.717, 1.165) is 63.5 Å². The summed E-state index contributed by atoms with van der Waals surface area (Å²) in [7, 11) is 0. The van der Waals surface area contributed by atoms with Crippen molar-refractivity contribution in [3.8, 4) is 0 Å². The lowest BCUT2D eigenvalue weighted by Crippen LogP contribution is -2.67. The third kappa shape index (κ3) is 3.40. The summed E-state index contributed by atoms with van der Waals surface area (Å²) in [5.74, 6) is 0.772. The minimum Gasteiger partial charge on any atom is -0.458 e. The highest BCUT2D eigenvalue weighted by atomic mass is 16.5. The van der Waals surface area contributed by atoms with Crippen LogP contribution in [-0.4, -0.2) is 59.0 Å². The van der Waals surface area contributed by atoms with Gasteiger partial charge in [-0.2, -0.15) is 0 Å². The molecule has 1 saturated heterocycles. The van der Waals surface area contributed by atoms with E-state index < -0.39 is 17.1 Å². The van der Waals surface area contributed by atoms with Gasteiger partial charge in [-0.25, -0.2) is 4.79 Å². The molecule has 6 rings (SSSR count). The van der Waals surface area contributed by atoms with Crippen molar-refractivity contribution < 1.29 is 24.5 Å². The third-order valence-electron chi connectivity index (χ3n) is 11.8. The van der Waals surface area contributed by atoms with Crippen LogP contribution < -0.4 is 10.6 Å². The Bertz CT molecular complexity index is 930. The van der Waals surface area contributed by atoms with Crippen LogP contribution in [0.2, 0.25) is 0 Å². The largest absolute Gasteiger partial charge is 0.458 e. The summed E-state index contributed by atoms with van der Waals surface area (Å²) in [6.45, 7) is 5.67.